The smallest absolute Gasteiger partial charge is 0.397 e. The van der Waals surface area contributed by atoms with Crippen LogP contribution in [0.4, 0.5) is 35.0 Å². The second-order valence-electron chi connectivity index (χ2n) is 12.1. The lowest BCUT2D eigenvalue weighted by Crippen LogP contribution is -2.52. The average Bonchev–Trinajstić information content (AvgIpc) is 3.52. The Morgan fingerprint density at radius 2 is 1.74 bits per heavy atom. The summed E-state index contributed by atoms with van der Waals surface area (Å²) in [6.45, 7) is 3.26. The number of alkyl halides is 3. The highest BCUT2D eigenvalue weighted by molar-refractivity contribution is 7.10. The predicted molar refractivity (Wildman–Crippen MR) is 174 cm³/mol. The summed E-state index contributed by atoms with van der Waals surface area (Å²) in [5.41, 5.74) is 6.01. The summed E-state index contributed by atoms with van der Waals surface area (Å²) in [5, 5.41) is 4.62. The number of fused-ring (bicyclic) bond motifs is 1. The van der Waals surface area contributed by atoms with Crippen LogP contribution in [0.5, 0.6) is 0 Å². The van der Waals surface area contributed by atoms with E-state index in [2.05, 4.69) is 15.2 Å². The summed E-state index contributed by atoms with van der Waals surface area (Å²) in [6, 6.07) is 7.73. The van der Waals surface area contributed by atoms with Crippen LogP contribution < -0.4 is 16.0 Å². The molecule has 0 unspecified atom stereocenters. The van der Waals surface area contributed by atoms with E-state index < -0.39 is 23.3 Å². The lowest BCUT2D eigenvalue weighted by Gasteiger charge is -2.40. The molecule has 6 rings (SSSR count). The number of carbonyl (C=O) groups excluding carboxylic acids is 3. The molecule has 2 saturated heterocycles. The maximum atomic E-state index is 14.0. The van der Waals surface area contributed by atoms with Crippen molar-refractivity contribution in [3.63, 3.8) is 0 Å². The molecule has 3 aromatic rings. The van der Waals surface area contributed by atoms with Crippen molar-refractivity contribution in [2.75, 3.05) is 55.2 Å². The number of pyridine rings is 1. The van der Waals surface area contributed by atoms with Crippen LogP contribution in [0.25, 0.3) is 0 Å². The third-order valence-electron chi connectivity index (χ3n) is 9.19. The number of benzene rings is 1. The minimum Gasteiger partial charge on any atom is -0.397 e. The largest absolute Gasteiger partial charge is 0.418 e. The van der Waals surface area contributed by atoms with Crippen LogP contribution in [0, 0.1) is 5.92 Å². The first-order valence-electron chi connectivity index (χ1n) is 15.5. The second-order valence-corrected chi connectivity index (χ2v) is 13.5. The minimum atomic E-state index is -4.73. The molecule has 0 aliphatic carbocycles. The van der Waals surface area contributed by atoms with Gasteiger partial charge in [0.1, 0.15) is 0 Å². The van der Waals surface area contributed by atoms with Gasteiger partial charge in [-0.25, -0.2) is 4.79 Å². The highest BCUT2D eigenvalue weighted by Crippen LogP contribution is 2.39. The monoisotopic (exact) mass is 689 g/mol. The topological polar surface area (TPSA) is 115 Å². The third kappa shape index (κ3) is 7.28. The molecule has 5 heterocycles. The van der Waals surface area contributed by atoms with Crippen LogP contribution in [-0.4, -0.2) is 82.8 Å². The zero-order valence-electron chi connectivity index (χ0n) is 25.5. The number of aromatic nitrogens is 1. The molecule has 0 saturated carbocycles. The normalized spacial score (nSPS) is 18.2. The number of nitrogen functional groups attached to an aromatic ring is 1. The number of nitrogens with one attached hydrogen (secondary N) is 1. The third-order valence-corrected chi connectivity index (χ3v) is 10.4. The number of halogens is 4. The van der Waals surface area contributed by atoms with Crippen molar-refractivity contribution in [1.29, 1.82) is 0 Å². The van der Waals surface area contributed by atoms with Gasteiger partial charge in [-0.2, -0.15) is 13.2 Å². The highest BCUT2D eigenvalue weighted by Gasteiger charge is 2.37. The van der Waals surface area contributed by atoms with Gasteiger partial charge in [0, 0.05) is 74.7 Å². The van der Waals surface area contributed by atoms with E-state index >= 15 is 0 Å². The number of likely N-dealkylation sites (tertiary alicyclic amines) is 1. The van der Waals surface area contributed by atoms with Crippen molar-refractivity contribution in [3.8, 4) is 0 Å². The van der Waals surface area contributed by atoms with Gasteiger partial charge in [0.2, 0.25) is 11.8 Å². The second kappa shape index (κ2) is 13.6. The van der Waals surface area contributed by atoms with Crippen molar-refractivity contribution in [1.82, 2.24) is 19.7 Å². The number of thiophene rings is 1. The van der Waals surface area contributed by atoms with E-state index in [1.165, 1.54) is 6.07 Å². The molecule has 15 heteroatoms. The zero-order valence-corrected chi connectivity index (χ0v) is 27.1. The van der Waals surface area contributed by atoms with Crippen molar-refractivity contribution in [2.45, 2.75) is 44.4 Å². The fourth-order valence-electron chi connectivity index (χ4n) is 6.61. The number of nitrogens with two attached hydrogens (primary N) is 1. The van der Waals surface area contributed by atoms with Crippen molar-refractivity contribution >= 4 is 57.8 Å². The first kappa shape index (κ1) is 32.9. The molecule has 250 valence electrons. The lowest BCUT2D eigenvalue weighted by atomic mass is 9.91. The number of hydrogen-bond acceptors (Lipinski definition) is 7. The van der Waals surface area contributed by atoms with E-state index in [-0.39, 0.29) is 47.3 Å². The van der Waals surface area contributed by atoms with Crippen LogP contribution in [-0.2, 0) is 28.7 Å². The van der Waals surface area contributed by atoms with E-state index in [1.54, 1.807) is 33.5 Å². The van der Waals surface area contributed by atoms with Crippen molar-refractivity contribution in [3.05, 3.63) is 69.1 Å². The molecule has 3 aliphatic rings. The minimum absolute atomic E-state index is 0.0406. The molecule has 0 bridgehead atoms. The van der Waals surface area contributed by atoms with Gasteiger partial charge in [0.25, 0.3) is 0 Å². The summed E-state index contributed by atoms with van der Waals surface area (Å²) in [6.07, 6.45) is -0.444. The molecule has 3 aliphatic heterocycles. The lowest BCUT2D eigenvalue weighted by molar-refractivity contribution is -0.142. The molecular formula is C32H35ClF3N7O3S. The predicted octanol–water partition coefficient (Wildman–Crippen LogP) is 5.33. The average molecular weight is 690 g/mol. The first-order chi connectivity index (χ1) is 22.5. The molecule has 4 amide bonds. The molecule has 2 aromatic heterocycles. The number of hydrogen-bond donors (Lipinski definition) is 2. The van der Waals surface area contributed by atoms with Gasteiger partial charge >= 0.3 is 12.2 Å². The Morgan fingerprint density at radius 3 is 2.43 bits per heavy atom. The van der Waals surface area contributed by atoms with E-state index in [0.717, 1.165) is 22.3 Å². The Balaban J connectivity index is 1.15. The van der Waals surface area contributed by atoms with Gasteiger partial charge in [-0.15, -0.1) is 11.3 Å². The number of carbonyl (C=O) groups is 3. The first-order valence-corrected chi connectivity index (χ1v) is 16.7. The zero-order chi connectivity index (χ0) is 33.3. The Hall–Kier alpha value is -4.04. The number of rotatable bonds is 7. The van der Waals surface area contributed by atoms with Gasteiger partial charge in [0.05, 0.1) is 34.4 Å². The van der Waals surface area contributed by atoms with Gasteiger partial charge in [0.15, 0.2) is 0 Å². The van der Waals surface area contributed by atoms with Crippen LogP contribution in [0.15, 0.2) is 48.1 Å². The van der Waals surface area contributed by atoms with Crippen LogP contribution in [0.2, 0.25) is 5.02 Å². The summed E-state index contributed by atoms with van der Waals surface area (Å²) >= 11 is 7.70. The summed E-state index contributed by atoms with van der Waals surface area (Å²) in [4.78, 5) is 52.8. The number of urea groups is 1. The van der Waals surface area contributed by atoms with Gasteiger partial charge in [-0.3, -0.25) is 14.6 Å². The summed E-state index contributed by atoms with van der Waals surface area (Å²) in [5.74, 6) is -1.45. The highest BCUT2D eigenvalue weighted by atomic mass is 35.5. The molecule has 3 N–H and O–H groups in total. The van der Waals surface area contributed by atoms with Gasteiger partial charge < -0.3 is 30.7 Å². The molecule has 1 atom stereocenters. The number of anilines is 3. The molecule has 1 aromatic carbocycles. The number of nitrogens with zero attached hydrogens (tertiary/aromatic N) is 5. The van der Waals surface area contributed by atoms with Crippen LogP contribution in [0.3, 0.4) is 0 Å². The number of piperidine rings is 1. The van der Waals surface area contributed by atoms with E-state index in [9.17, 15) is 27.6 Å². The van der Waals surface area contributed by atoms with Crippen molar-refractivity contribution < 1.29 is 27.6 Å². The molecule has 0 radical (unpaired) electrons. The van der Waals surface area contributed by atoms with Crippen molar-refractivity contribution in [2.24, 2.45) is 5.92 Å². The SMILES string of the molecule is Nc1c(Cl)cc(C[C@@H](CC(=O)N2CCC(N3Cc4sccc4NC3=O)CC2)C(=O)N2CCN(c3ccncc3)CC2)cc1C(F)(F)F. The number of piperazine rings is 1. The summed E-state index contributed by atoms with van der Waals surface area (Å²) in [7, 11) is 0. The molecule has 0 spiro atoms. The Morgan fingerprint density at radius 1 is 1.04 bits per heavy atom. The Labute approximate surface area is 279 Å². The molecule has 47 heavy (non-hydrogen) atoms. The quantitative estimate of drug-likeness (QED) is 0.324. The van der Waals surface area contributed by atoms with Crippen LogP contribution >= 0.6 is 22.9 Å². The van der Waals surface area contributed by atoms with Crippen LogP contribution in [0.1, 0.15) is 35.3 Å². The maximum absolute atomic E-state index is 14.0. The standard InChI is InChI=1S/C32H35ClF3N7O3S/c33-25-17-20(16-24(29(25)37)32(34,35)36)15-21(30(45)42-12-10-40(11-13-42)22-1-6-38-7-2-22)18-28(44)41-8-3-23(4-9-41)43-19-27-26(5-14-47-27)39-31(43)46/h1-2,5-7,14,16-17,21,23H,3-4,8-13,15,18-19,37H2,(H,39,46)/t21-/m0/s1. The van der Waals surface area contributed by atoms with E-state index in [1.807, 2.05) is 28.5 Å². The fraction of sp³-hybridized carbons (Fsp3) is 0.438. The molecule has 2 fully saturated rings. The number of amides is 4. The summed E-state index contributed by atoms with van der Waals surface area (Å²) < 4.78 is 41.3. The van der Waals surface area contributed by atoms with Gasteiger partial charge in [-0.05, 0) is 60.5 Å². The fourth-order valence-corrected chi connectivity index (χ4v) is 7.68. The Kier molecular flexibility index (Phi) is 9.51. The Bertz CT molecular complexity index is 1620. The van der Waals surface area contributed by atoms with E-state index in [4.69, 9.17) is 17.3 Å². The van der Waals surface area contributed by atoms with Gasteiger partial charge in [-0.1, -0.05) is 11.6 Å². The molecular weight excluding hydrogens is 655 g/mol. The molecule has 10 nitrogen and oxygen atoms in total. The van der Waals surface area contributed by atoms with E-state index in [0.29, 0.717) is 58.7 Å². The maximum Gasteiger partial charge on any atom is 0.418 e.